The SMILES string of the molecule is C[C@@H](CC(O)(c1cccc(F)c1)c1cccc(F)c1)N(Cc1ccccc1)[C@@H](C)c1ccccc1. The van der Waals surface area contributed by atoms with Gasteiger partial charge in [-0.15, -0.1) is 0 Å². The molecule has 2 atom stereocenters. The van der Waals surface area contributed by atoms with E-state index < -0.39 is 17.2 Å². The van der Waals surface area contributed by atoms with E-state index in [0.29, 0.717) is 17.7 Å². The summed E-state index contributed by atoms with van der Waals surface area (Å²) in [6.07, 6.45) is 0.254. The van der Waals surface area contributed by atoms with Gasteiger partial charge in [-0.05, 0) is 66.8 Å². The van der Waals surface area contributed by atoms with Gasteiger partial charge < -0.3 is 5.11 Å². The summed E-state index contributed by atoms with van der Waals surface area (Å²) in [6.45, 7) is 4.88. The summed E-state index contributed by atoms with van der Waals surface area (Å²) in [5.74, 6) is -0.882. The Morgan fingerprint density at radius 3 is 1.74 bits per heavy atom. The van der Waals surface area contributed by atoms with Crippen LogP contribution in [0.2, 0.25) is 0 Å². The highest BCUT2D eigenvalue weighted by Crippen LogP contribution is 2.38. The Bertz CT molecular complexity index is 1180. The number of rotatable bonds is 9. The fourth-order valence-corrected chi connectivity index (χ4v) is 4.83. The zero-order valence-corrected chi connectivity index (χ0v) is 20.1. The van der Waals surface area contributed by atoms with Crippen LogP contribution in [0.15, 0.2) is 109 Å². The van der Waals surface area contributed by atoms with Gasteiger partial charge in [0.25, 0.3) is 0 Å². The van der Waals surface area contributed by atoms with Crippen molar-refractivity contribution in [2.45, 2.75) is 44.5 Å². The molecule has 4 heteroatoms. The summed E-state index contributed by atoms with van der Waals surface area (Å²) in [5.41, 5.74) is 1.55. The molecule has 0 heterocycles. The fraction of sp³-hybridized carbons (Fsp3) is 0.226. The third-order valence-corrected chi connectivity index (χ3v) is 6.75. The molecule has 0 spiro atoms. The number of aliphatic hydroxyl groups is 1. The van der Waals surface area contributed by atoms with E-state index in [1.165, 1.54) is 24.3 Å². The van der Waals surface area contributed by atoms with Gasteiger partial charge in [-0.2, -0.15) is 0 Å². The van der Waals surface area contributed by atoms with Gasteiger partial charge in [-0.1, -0.05) is 84.9 Å². The van der Waals surface area contributed by atoms with Gasteiger partial charge in [-0.3, -0.25) is 4.90 Å². The predicted octanol–water partition coefficient (Wildman–Crippen LogP) is 7.24. The van der Waals surface area contributed by atoms with Gasteiger partial charge in [0.15, 0.2) is 0 Å². The maximum atomic E-state index is 14.2. The number of nitrogens with zero attached hydrogens (tertiary/aromatic N) is 1. The molecule has 180 valence electrons. The second-order valence-corrected chi connectivity index (χ2v) is 9.18. The molecule has 35 heavy (non-hydrogen) atoms. The molecular weight excluding hydrogens is 440 g/mol. The number of hydrogen-bond acceptors (Lipinski definition) is 2. The lowest BCUT2D eigenvalue weighted by molar-refractivity contribution is 0.0234. The fourth-order valence-electron chi connectivity index (χ4n) is 4.83. The molecule has 0 radical (unpaired) electrons. The molecule has 0 aliphatic heterocycles. The summed E-state index contributed by atoms with van der Waals surface area (Å²) in [7, 11) is 0. The van der Waals surface area contributed by atoms with Crippen molar-refractivity contribution < 1.29 is 13.9 Å². The van der Waals surface area contributed by atoms with Crippen molar-refractivity contribution in [3.63, 3.8) is 0 Å². The average molecular weight is 472 g/mol. The van der Waals surface area contributed by atoms with Crippen LogP contribution in [0.1, 0.15) is 48.6 Å². The first-order valence-corrected chi connectivity index (χ1v) is 12.0. The van der Waals surface area contributed by atoms with E-state index in [1.807, 2.05) is 36.4 Å². The molecule has 4 aromatic rings. The van der Waals surface area contributed by atoms with E-state index in [0.717, 1.165) is 11.1 Å². The number of benzene rings is 4. The van der Waals surface area contributed by atoms with Crippen molar-refractivity contribution in [3.05, 3.63) is 143 Å². The van der Waals surface area contributed by atoms with Crippen molar-refractivity contribution in [1.82, 2.24) is 4.90 Å². The predicted molar refractivity (Wildman–Crippen MR) is 137 cm³/mol. The quantitative estimate of drug-likeness (QED) is 0.278. The minimum atomic E-state index is -1.57. The van der Waals surface area contributed by atoms with Crippen molar-refractivity contribution in [3.8, 4) is 0 Å². The van der Waals surface area contributed by atoms with Crippen molar-refractivity contribution in [1.29, 1.82) is 0 Å². The zero-order valence-electron chi connectivity index (χ0n) is 20.1. The van der Waals surface area contributed by atoms with Crippen molar-refractivity contribution in [2.24, 2.45) is 0 Å². The highest BCUT2D eigenvalue weighted by molar-refractivity contribution is 5.37. The molecule has 0 aliphatic carbocycles. The van der Waals surface area contributed by atoms with Crippen LogP contribution in [0, 0.1) is 11.6 Å². The van der Waals surface area contributed by atoms with Gasteiger partial charge in [0.1, 0.15) is 17.2 Å². The molecule has 0 aromatic heterocycles. The van der Waals surface area contributed by atoms with Crippen molar-refractivity contribution in [2.75, 3.05) is 0 Å². The molecule has 0 aliphatic rings. The standard InChI is InChI=1S/C31H31F2NO/c1-23(34(22-25-11-5-3-6-12-25)24(2)26-13-7-4-8-14-26)21-31(35,27-15-9-17-29(32)19-27)28-16-10-18-30(33)20-28/h3-20,23-24,35H,21-22H2,1-2H3/t23-,24-/m0/s1. The van der Waals surface area contributed by atoms with Gasteiger partial charge in [0, 0.05) is 18.6 Å². The summed E-state index contributed by atoms with van der Waals surface area (Å²) in [6, 6.07) is 32.2. The van der Waals surface area contributed by atoms with E-state index in [2.05, 4.69) is 43.0 Å². The molecule has 0 saturated carbocycles. The molecule has 1 N–H and O–H groups in total. The molecule has 0 saturated heterocycles. The minimum Gasteiger partial charge on any atom is -0.380 e. The minimum absolute atomic E-state index is 0.0516. The lowest BCUT2D eigenvalue weighted by Gasteiger charge is -2.40. The van der Waals surface area contributed by atoms with E-state index in [-0.39, 0.29) is 18.5 Å². The maximum absolute atomic E-state index is 14.2. The van der Waals surface area contributed by atoms with E-state index in [1.54, 1.807) is 24.3 Å². The van der Waals surface area contributed by atoms with Gasteiger partial charge in [-0.25, -0.2) is 8.78 Å². The molecule has 2 nitrogen and oxygen atoms in total. The molecule has 0 bridgehead atoms. The van der Waals surface area contributed by atoms with Crippen LogP contribution in [0.5, 0.6) is 0 Å². The molecule has 4 aromatic carbocycles. The van der Waals surface area contributed by atoms with Gasteiger partial charge >= 0.3 is 0 Å². The highest BCUT2D eigenvalue weighted by Gasteiger charge is 2.36. The van der Waals surface area contributed by atoms with E-state index in [4.69, 9.17) is 0 Å². The lowest BCUT2D eigenvalue weighted by atomic mass is 9.80. The van der Waals surface area contributed by atoms with E-state index >= 15 is 0 Å². The third-order valence-electron chi connectivity index (χ3n) is 6.75. The van der Waals surface area contributed by atoms with Crippen LogP contribution in [-0.4, -0.2) is 16.0 Å². The second-order valence-electron chi connectivity index (χ2n) is 9.18. The number of halogens is 2. The Balaban J connectivity index is 1.74. The molecule has 0 amide bonds. The monoisotopic (exact) mass is 471 g/mol. The van der Waals surface area contributed by atoms with Crippen molar-refractivity contribution >= 4 is 0 Å². The maximum Gasteiger partial charge on any atom is 0.123 e. The summed E-state index contributed by atoms with van der Waals surface area (Å²) in [4.78, 5) is 2.33. The average Bonchev–Trinajstić information content (AvgIpc) is 2.88. The summed E-state index contributed by atoms with van der Waals surface area (Å²) in [5, 5.41) is 12.1. The molecule has 0 unspecified atom stereocenters. The first-order valence-electron chi connectivity index (χ1n) is 12.0. The van der Waals surface area contributed by atoms with Crippen LogP contribution < -0.4 is 0 Å². The normalized spacial score (nSPS) is 13.5. The Kier molecular flexibility index (Phi) is 7.74. The Morgan fingerprint density at radius 1 is 0.714 bits per heavy atom. The smallest absolute Gasteiger partial charge is 0.123 e. The summed E-state index contributed by atoms with van der Waals surface area (Å²) < 4.78 is 28.5. The van der Waals surface area contributed by atoms with Crippen LogP contribution in [0.4, 0.5) is 8.78 Å². The van der Waals surface area contributed by atoms with Gasteiger partial charge in [0.2, 0.25) is 0 Å². The molecular formula is C31H31F2NO. The van der Waals surface area contributed by atoms with Gasteiger partial charge in [0.05, 0.1) is 0 Å². The molecule has 0 fully saturated rings. The lowest BCUT2D eigenvalue weighted by Crippen LogP contribution is -2.41. The first-order chi connectivity index (χ1) is 16.9. The summed E-state index contributed by atoms with van der Waals surface area (Å²) >= 11 is 0. The van der Waals surface area contributed by atoms with Crippen LogP contribution in [0.25, 0.3) is 0 Å². The van der Waals surface area contributed by atoms with Crippen LogP contribution in [-0.2, 0) is 12.1 Å². The number of hydrogen-bond donors (Lipinski definition) is 1. The van der Waals surface area contributed by atoms with E-state index in [9.17, 15) is 13.9 Å². The van der Waals surface area contributed by atoms with Crippen LogP contribution >= 0.6 is 0 Å². The third kappa shape index (κ3) is 5.84. The Labute approximate surface area is 206 Å². The first kappa shape index (κ1) is 24.8. The Hall–Kier alpha value is -3.34. The topological polar surface area (TPSA) is 23.5 Å². The molecule has 4 rings (SSSR count). The largest absolute Gasteiger partial charge is 0.380 e. The van der Waals surface area contributed by atoms with Crippen LogP contribution in [0.3, 0.4) is 0 Å². The second kappa shape index (κ2) is 10.9. The Morgan fingerprint density at radius 2 is 1.23 bits per heavy atom. The highest BCUT2D eigenvalue weighted by atomic mass is 19.1. The zero-order chi connectivity index (χ0) is 24.8.